The molecule has 4 rings (SSSR count). The van der Waals surface area contributed by atoms with Crippen LogP contribution in [0.15, 0.2) is 16.9 Å². The standard InChI is InChI=1S/C23H27N3O5S/c1-29-15-11-13(12-16(30-2)21(15)31-3)24-19(27)10-9-18-25-22(28)20-14-7-5-4-6-8-17(14)32-23(20)26-18/h11-12H,4-10H2,1-3H3,(H,24,27)(H,25,26,28). The largest absolute Gasteiger partial charge is 0.493 e. The minimum atomic E-state index is -0.205. The van der Waals surface area contributed by atoms with E-state index in [1.165, 1.54) is 38.2 Å². The number of hydrogen-bond acceptors (Lipinski definition) is 7. The van der Waals surface area contributed by atoms with Crippen molar-refractivity contribution in [1.29, 1.82) is 0 Å². The van der Waals surface area contributed by atoms with Crippen LogP contribution in [-0.4, -0.2) is 37.2 Å². The number of aromatic amines is 1. The van der Waals surface area contributed by atoms with Crippen LogP contribution in [0.1, 0.15) is 41.9 Å². The summed E-state index contributed by atoms with van der Waals surface area (Å²) in [6.07, 6.45) is 5.94. The summed E-state index contributed by atoms with van der Waals surface area (Å²) in [5, 5.41) is 3.57. The van der Waals surface area contributed by atoms with Gasteiger partial charge in [0.2, 0.25) is 11.7 Å². The Morgan fingerprint density at radius 1 is 1.09 bits per heavy atom. The molecule has 1 amide bonds. The number of benzene rings is 1. The average Bonchev–Trinajstić information content (AvgIpc) is 2.98. The predicted octanol–water partition coefficient (Wildman–Crippen LogP) is 3.85. The third kappa shape index (κ3) is 4.43. The Morgan fingerprint density at radius 3 is 2.50 bits per heavy atom. The summed E-state index contributed by atoms with van der Waals surface area (Å²) < 4.78 is 15.9. The first kappa shape index (κ1) is 22.1. The van der Waals surface area contributed by atoms with E-state index < -0.39 is 0 Å². The van der Waals surface area contributed by atoms with E-state index in [2.05, 4.69) is 15.3 Å². The van der Waals surface area contributed by atoms with Crippen molar-refractivity contribution >= 4 is 33.1 Å². The molecule has 2 N–H and O–H groups in total. The molecular formula is C23H27N3O5S. The Balaban J connectivity index is 1.48. The maximum absolute atomic E-state index is 12.8. The van der Waals surface area contributed by atoms with Crippen LogP contribution in [0.2, 0.25) is 0 Å². The number of carbonyl (C=O) groups excluding carboxylic acids is 1. The number of nitrogens with one attached hydrogen (secondary N) is 2. The number of nitrogens with zero attached hydrogens (tertiary/aromatic N) is 1. The Hall–Kier alpha value is -3.07. The molecule has 0 bridgehead atoms. The lowest BCUT2D eigenvalue weighted by molar-refractivity contribution is -0.116. The zero-order valence-corrected chi connectivity index (χ0v) is 19.3. The first-order chi connectivity index (χ1) is 15.5. The van der Waals surface area contributed by atoms with Gasteiger partial charge in [0, 0.05) is 35.5 Å². The molecule has 0 aliphatic heterocycles. The Labute approximate surface area is 189 Å². The molecule has 9 heteroatoms. The molecule has 1 aliphatic rings. The summed E-state index contributed by atoms with van der Waals surface area (Å²) in [6.45, 7) is 0. The summed E-state index contributed by atoms with van der Waals surface area (Å²) >= 11 is 1.62. The van der Waals surface area contributed by atoms with Gasteiger partial charge in [-0.3, -0.25) is 9.59 Å². The van der Waals surface area contributed by atoms with Gasteiger partial charge in [-0.15, -0.1) is 11.3 Å². The van der Waals surface area contributed by atoms with Gasteiger partial charge in [0.25, 0.3) is 5.56 Å². The monoisotopic (exact) mass is 457 g/mol. The van der Waals surface area contributed by atoms with E-state index in [0.717, 1.165) is 35.9 Å². The van der Waals surface area contributed by atoms with Crippen LogP contribution in [-0.2, 0) is 24.1 Å². The van der Waals surface area contributed by atoms with Gasteiger partial charge < -0.3 is 24.5 Å². The van der Waals surface area contributed by atoms with Crippen molar-refractivity contribution in [2.45, 2.75) is 44.9 Å². The van der Waals surface area contributed by atoms with E-state index in [-0.39, 0.29) is 17.9 Å². The fourth-order valence-electron chi connectivity index (χ4n) is 4.11. The number of hydrogen-bond donors (Lipinski definition) is 2. The summed E-state index contributed by atoms with van der Waals surface area (Å²) in [6, 6.07) is 3.34. The second kappa shape index (κ2) is 9.60. The van der Waals surface area contributed by atoms with Gasteiger partial charge in [-0.2, -0.15) is 0 Å². The highest BCUT2D eigenvalue weighted by Crippen LogP contribution is 2.40. The van der Waals surface area contributed by atoms with Crippen molar-refractivity contribution in [1.82, 2.24) is 9.97 Å². The van der Waals surface area contributed by atoms with E-state index in [4.69, 9.17) is 14.2 Å². The van der Waals surface area contributed by atoms with E-state index in [0.29, 0.717) is 35.2 Å². The quantitative estimate of drug-likeness (QED) is 0.523. The molecule has 2 heterocycles. The van der Waals surface area contributed by atoms with Crippen LogP contribution in [0.3, 0.4) is 0 Å². The highest BCUT2D eigenvalue weighted by molar-refractivity contribution is 7.18. The lowest BCUT2D eigenvalue weighted by Crippen LogP contribution is -2.16. The molecule has 170 valence electrons. The first-order valence-corrected chi connectivity index (χ1v) is 11.5. The van der Waals surface area contributed by atoms with E-state index >= 15 is 0 Å². The van der Waals surface area contributed by atoms with Crippen molar-refractivity contribution in [2.75, 3.05) is 26.6 Å². The molecule has 0 fully saturated rings. The van der Waals surface area contributed by atoms with Crippen molar-refractivity contribution in [3.63, 3.8) is 0 Å². The smallest absolute Gasteiger partial charge is 0.259 e. The number of anilines is 1. The lowest BCUT2D eigenvalue weighted by atomic mass is 10.1. The van der Waals surface area contributed by atoms with Crippen LogP contribution < -0.4 is 25.1 Å². The van der Waals surface area contributed by atoms with Gasteiger partial charge in [0.15, 0.2) is 11.5 Å². The summed E-state index contributed by atoms with van der Waals surface area (Å²) in [5.41, 5.74) is 1.60. The number of aromatic nitrogens is 2. The number of methoxy groups -OCH3 is 3. The Morgan fingerprint density at radius 2 is 1.81 bits per heavy atom. The molecule has 1 aromatic carbocycles. The maximum atomic E-state index is 12.8. The van der Waals surface area contributed by atoms with Crippen LogP contribution in [0.5, 0.6) is 17.2 Å². The summed E-state index contributed by atoms with van der Waals surface area (Å²) in [7, 11) is 4.56. The number of rotatable bonds is 7. The van der Waals surface area contributed by atoms with Gasteiger partial charge in [-0.05, 0) is 31.2 Å². The van der Waals surface area contributed by atoms with Gasteiger partial charge in [-0.1, -0.05) is 6.42 Å². The molecule has 32 heavy (non-hydrogen) atoms. The fraction of sp³-hybridized carbons (Fsp3) is 0.435. The van der Waals surface area contributed by atoms with Crippen LogP contribution in [0.4, 0.5) is 5.69 Å². The minimum Gasteiger partial charge on any atom is -0.493 e. The van der Waals surface area contributed by atoms with Crippen LogP contribution in [0, 0.1) is 0 Å². The zero-order chi connectivity index (χ0) is 22.7. The van der Waals surface area contributed by atoms with E-state index in [1.54, 1.807) is 23.5 Å². The molecule has 0 atom stereocenters. The van der Waals surface area contributed by atoms with Gasteiger partial charge >= 0.3 is 0 Å². The minimum absolute atomic E-state index is 0.102. The van der Waals surface area contributed by atoms with Crippen molar-refractivity contribution < 1.29 is 19.0 Å². The number of carbonyl (C=O) groups is 1. The summed E-state index contributed by atoms with van der Waals surface area (Å²) in [4.78, 5) is 34.9. The number of amides is 1. The van der Waals surface area contributed by atoms with Gasteiger partial charge in [0.05, 0.1) is 26.7 Å². The Kier molecular flexibility index (Phi) is 6.64. The number of fused-ring (bicyclic) bond motifs is 3. The molecule has 8 nitrogen and oxygen atoms in total. The molecule has 0 radical (unpaired) electrons. The van der Waals surface area contributed by atoms with E-state index in [9.17, 15) is 9.59 Å². The van der Waals surface area contributed by atoms with Crippen molar-refractivity contribution in [3.05, 3.63) is 38.8 Å². The van der Waals surface area contributed by atoms with Crippen LogP contribution >= 0.6 is 11.3 Å². The maximum Gasteiger partial charge on any atom is 0.259 e. The first-order valence-electron chi connectivity index (χ1n) is 10.7. The predicted molar refractivity (Wildman–Crippen MR) is 125 cm³/mol. The number of ether oxygens (including phenoxy) is 3. The molecule has 0 spiro atoms. The molecule has 0 saturated heterocycles. The second-order valence-electron chi connectivity index (χ2n) is 7.72. The summed E-state index contributed by atoms with van der Waals surface area (Å²) in [5.74, 6) is 1.69. The van der Waals surface area contributed by atoms with Crippen molar-refractivity contribution in [2.24, 2.45) is 0 Å². The third-order valence-corrected chi connectivity index (χ3v) is 6.85. The lowest BCUT2D eigenvalue weighted by Gasteiger charge is -2.14. The Bertz CT molecular complexity index is 1180. The van der Waals surface area contributed by atoms with E-state index in [1.807, 2.05) is 0 Å². The van der Waals surface area contributed by atoms with Crippen LogP contribution in [0.25, 0.3) is 10.2 Å². The highest BCUT2D eigenvalue weighted by atomic mass is 32.1. The molecule has 0 unspecified atom stereocenters. The topological polar surface area (TPSA) is 103 Å². The van der Waals surface area contributed by atoms with Gasteiger partial charge in [0.1, 0.15) is 10.7 Å². The average molecular weight is 458 g/mol. The zero-order valence-electron chi connectivity index (χ0n) is 18.5. The fourth-order valence-corrected chi connectivity index (χ4v) is 5.39. The highest BCUT2D eigenvalue weighted by Gasteiger charge is 2.19. The van der Waals surface area contributed by atoms with Crippen molar-refractivity contribution in [3.8, 4) is 17.2 Å². The molecule has 3 aromatic rings. The third-order valence-electron chi connectivity index (χ3n) is 5.66. The molecule has 0 saturated carbocycles. The normalized spacial score (nSPS) is 13.3. The number of H-pyrrole nitrogens is 1. The second-order valence-corrected chi connectivity index (χ2v) is 8.80. The number of aryl methyl sites for hydroxylation is 3. The van der Waals surface area contributed by atoms with Gasteiger partial charge in [-0.25, -0.2) is 4.98 Å². The SMILES string of the molecule is COc1cc(NC(=O)CCc2nc3sc4c(c3c(=O)[nH]2)CCCCC4)cc(OC)c1OC. The molecular weight excluding hydrogens is 430 g/mol. The molecule has 2 aromatic heterocycles. The number of thiophene rings is 1. The molecule has 1 aliphatic carbocycles.